The van der Waals surface area contributed by atoms with E-state index in [0.717, 1.165) is 6.42 Å². The van der Waals surface area contributed by atoms with Crippen molar-refractivity contribution in [2.45, 2.75) is 75.8 Å². The number of amides is 1. The van der Waals surface area contributed by atoms with Crippen LogP contribution in [0.25, 0.3) is 0 Å². The molecule has 0 aromatic carbocycles. The van der Waals surface area contributed by atoms with Gasteiger partial charge in [-0.05, 0) is 45.2 Å². The van der Waals surface area contributed by atoms with Gasteiger partial charge in [-0.1, -0.05) is 45.9 Å². The number of anilines is 1. The number of hydrogen-bond donors (Lipinski definition) is 1. The molecule has 1 aliphatic heterocycles. The van der Waals surface area contributed by atoms with Gasteiger partial charge in [0.15, 0.2) is 5.03 Å². The third-order valence-electron chi connectivity index (χ3n) is 6.13. The number of carbonyl (C=O) groups excluding carboxylic acids is 1. The lowest BCUT2D eigenvalue weighted by atomic mass is 9.91. The molecule has 2 aromatic rings. The quantitative estimate of drug-likeness (QED) is 0.564. The summed E-state index contributed by atoms with van der Waals surface area (Å²) >= 11 is 0. The van der Waals surface area contributed by atoms with Crippen LogP contribution in [0.2, 0.25) is 0 Å². The third kappa shape index (κ3) is 5.50. The van der Waals surface area contributed by atoms with Crippen molar-refractivity contribution in [3.8, 4) is 5.88 Å². The van der Waals surface area contributed by atoms with E-state index in [-0.39, 0.29) is 33.5 Å². The lowest BCUT2D eigenvalue weighted by molar-refractivity contribution is 0.0997. The number of ether oxygens (including phenoxy) is 1. The van der Waals surface area contributed by atoms with Gasteiger partial charge in [-0.15, -0.1) is 0 Å². The Labute approximate surface area is 208 Å². The largest absolute Gasteiger partial charge is 0.473 e. The van der Waals surface area contributed by atoms with Crippen LogP contribution in [-0.2, 0) is 15.3 Å². The number of nitrogens with two attached hydrogens (primary N) is 1. The Hall–Kier alpha value is -2.94. The summed E-state index contributed by atoms with van der Waals surface area (Å²) in [6, 6.07) is 6.00. The monoisotopic (exact) mass is 500 g/mol. The van der Waals surface area contributed by atoms with Crippen molar-refractivity contribution in [3.05, 3.63) is 47.7 Å². The molecule has 1 saturated heterocycles. The molecule has 0 bridgehead atoms. The van der Waals surface area contributed by atoms with Gasteiger partial charge in [0.1, 0.15) is 18.0 Å². The molecule has 1 fully saturated rings. The minimum absolute atomic E-state index is 0.109. The first-order chi connectivity index (χ1) is 16.2. The lowest BCUT2D eigenvalue weighted by Crippen LogP contribution is -2.41. The van der Waals surface area contributed by atoms with Crippen molar-refractivity contribution in [1.29, 1.82) is 0 Å². The van der Waals surface area contributed by atoms with Crippen LogP contribution in [0.3, 0.4) is 0 Å². The summed E-state index contributed by atoms with van der Waals surface area (Å²) in [5.74, 6) is -0.0242. The fourth-order valence-corrected chi connectivity index (χ4v) is 5.88. The first-order valence-corrected chi connectivity index (χ1v) is 13.3. The molecule has 1 atom stereocenters. The second-order valence-electron chi connectivity index (χ2n) is 10.7. The van der Waals surface area contributed by atoms with Crippen molar-refractivity contribution in [1.82, 2.24) is 9.97 Å². The number of primary amides is 1. The highest BCUT2D eigenvalue weighted by Crippen LogP contribution is 2.41. The maximum absolute atomic E-state index is 13.9. The zero-order valence-electron chi connectivity index (χ0n) is 21.6. The minimum Gasteiger partial charge on any atom is -0.473 e. The van der Waals surface area contributed by atoms with E-state index in [4.69, 9.17) is 15.5 Å². The van der Waals surface area contributed by atoms with Crippen LogP contribution in [-0.4, -0.2) is 43.0 Å². The summed E-state index contributed by atoms with van der Waals surface area (Å²) in [7, 11) is -4.23. The molecular weight excluding hydrogens is 464 g/mol. The number of pyridine rings is 2. The fraction of sp³-hybridized carbons (Fsp3) is 0.500. The van der Waals surface area contributed by atoms with Gasteiger partial charge < -0.3 is 15.4 Å². The molecule has 1 aliphatic rings. The van der Waals surface area contributed by atoms with E-state index in [1.54, 1.807) is 18.2 Å². The minimum atomic E-state index is -4.23. The first kappa shape index (κ1) is 26.7. The molecule has 1 unspecified atom stereocenters. The molecule has 0 saturated carbocycles. The van der Waals surface area contributed by atoms with Gasteiger partial charge in [0.25, 0.3) is 5.91 Å². The summed E-state index contributed by atoms with van der Waals surface area (Å²) in [4.78, 5) is 23.7. The molecule has 8 nitrogen and oxygen atoms in total. The highest BCUT2D eigenvalue weighted by Gasteiger charge is 2.41. The van der Waals surface area contributed by atoms with E-state index >= 15 is 0 Å². The molecular formula is C26H36N4O4S. The van der Waals surface area contributed by atoms with E-state index in [1.165, 1.54) is 12.1 Å². The fourth-order valence-electron chi connectivity index (χ4n) is 4.46. The molecule has 190 valence electrons. The number of aromatic nitrogens is 2. The third-order valence-corrected chi connectivity index (χ3v) is 7.81. The van der Waals surface area contributed by atoms with E-state index in [0.29, 0.717) is 24.0 Å². The van der Waals surface area contributed by atoms with Crippen molar-refractivity contribution in [2.75, 3.05) is 18.1 Å². The zero-order valence-corrected chi connectivity index (χ0v) is 22.4. The van der Waals surface area contributed by atoms with Crippen molar-refractivity contribution >= 4 is 21.6 Å². The maximum Gasteiger partial charge on any atom is 0.253 e. The van der Waals surface area contributed by atoms with E-state index < -0.39 is 21.2 Å². The topological polar surface area (TPSA) is 115 Å². The van der Waals surface area contributed by atoms with Crippen LogP contribution >= 0.6 is 0 Å². The summed E-state index contributed by atoms with van der Waals surface area (Å²) in [6.45, 7) is 14.9. The van der Waals surface area contributed by atoms with Crippen LogP contribution in [0.15, 0.2) is 46.3 Å². The second kappa shape index (κ2) is 9.60. The van der Waals surface area contributed by atoms with E-state index in [1.807, 2.05) is 38.7 Å². The van der Waals surface area contributed by atoms with Crippen LogP contribution in [0.4, 0.5) is 5.82 Å². The SMILES string of the molecule is C/C=C/COc1cccc(S(=O)(=O)c2cc(C(C)(C)C)nc(N3CC(C)CC3(C)C)c2C(N)=O)n1. The Morgan fingerprint density at radius 2 is 1.97 bits per heavy atom. The van der Waals surface area contributed by atoms with Crippen LogP contribution in [0.1, 0.15) is 70.9 Å². The highest BCUT2D eigenvalue weighted by atomic mass is 32.2. The molecule has 9 heteroatoms. The van der Waals surface area contributed by atoms with Gasteiger partial charge in [-0.25, -0.2) is 18.4 Å². The van der Waals surface area contributed by atoms with Crippen molar-refractivity contribution in [3.63, 3.8) is 0 Å². The molecule has 2 aromatic heterocycles. The molecule has 3 heterocycles. The second-order valence-corrected chi connectivity index (χ2v) is 12.6. The van der Waals surface area contributed by atoms with Crippen LogP contribution in [0.5, 0.6) is 5.88 Å². The van der Waals surface area contributed by atoms with Crippen molar-refractivity contribution < 1.29 is 17.9 Å². The zero-order chi connectivity index (χ0) is 26.2. The summed E-state index contributed by atoms with van der Waals surface area (Å²) in [5.41, 5.74) is 5.46. The number of sulfone groups is 1. The lowest BCUT2D eigenvalue weighted by Gasteiger charge is -2.35. The molecule has 3 rings (SSSR count). The van der Waals surface area contributed by atoms with Gasteiger partial charge in [-0.3, -0.25) is 4.79 Å². The Bertz CT molecular complexity index is 1250. The van der Waals surface area contributed by atoms with Gasteiger partial charge in [0.05, 0.1) is 4.90 Å². The van der Waals surface area contributed by atoms with Gasteiger partial charge in [0, 0.05) is 29.3 Å². The van der Waals surface area contributed by atoms with E-state index in [9.17, 15) is 13.2 Å². The molecule has 2 N–H and O–H groups in total. The molecule has 0 aliphatic carbocycles. The molecule has 35 heavy (non-hydrogen) atoms. The van der Waals surface area contributed by atoms with E-state index in [2.05, 4.69) is 25.8 Å². The van der Waals surface area contributed by atoms with Crippen LogP contribution in [0, 0.1) is 5.92 Å². The predicted molar refractivity (Wildman–Crippen MR) is 137 cm³/mol. The molecule has 1 amide bonds. The number of carbonyl (C=O) groups is 1. The number of rotatable bonds is 7. The number of allylic oxidation sites excluding steroid dienone is 1. The van der Waals surface area contributed by atoms with Crippen molar-refractivity contribution in [2.24, 2.45) is 11.7 Å². The molecule has 0 radical (unpaired) electrons. The number of nitrogens with zero attached hydrogens (tertiary/aromatic N) is 3. The Kier molecular flexibility index (Phi) is 7.32. The normalized spacial score (nSPS) is 18.3. The molecule has 0 spiro atoms. The maximum atomic E-state index is 13.9. The standard InChI is InChI=1S/C26H36N4O4S/c1-8-9-13-34-20-11-10-12-21(29-20)35(32,33)18-14-19(25(3,4)5)28-24(22(18)23(27)31)30-16-17(2)15-26(30,6)7/h8-12,14,17H,13,15-16H2,1-7H3,(H2,27,31)/b9-8+. The predicted octanol–water partition coefficient (Wildman–Crippen LogP) is 4.29. The smallest absolute Gasteiger partial charge is 0.253 e. The Morgan fingerprint density at radius 3 is 2.51 bits per heavy atom. The number of hydrogen-bond acceptors (Lipinski definition) is 7. The Balaban J connectivity index is 2.28. The van der Waals surface area contributed by atoms with Crippen LogP contribution < -0.4 is 15.4 Å². The average Bonchev–Trinajstić information content (AvgIpc) is 3.04. The highest BCUT2D eigenvalue weighted by molar-refractivity contribution is 7.91. The summed E-state index contributed by atoms with van der Waals surface area (Å²) < 4.78 is 33.4. The average molecular weight is 501 g/mol. The van der Waals surface area contributed by atoms with Gasteiger partial charge >= 0.3 is 0 Å². The van der Waals surface area contributed by atoms with Gasteiger partial charge in [0.2, 0.25) is 15.7 Å². The summed E-state index contributed by atoms with van der Waals surface area (Å²) in [5, 5.41) is -0.218. The first-order valence-electron chi connectivity index (χ1n) is 11.8. The van der Waals surface area contributed by atoms with Gasteiger partial charge in [-0.2, -0.15) is 0 Å². The Morgan fingerprint density at radius 1 is 1.29 bits per heavy atom. The summed E-state index contributed by atoms with van der Waals surface area (Å²) in [6.07, 6.45) is 4.49.